The number of aromatic nitrogens is 5. The topological polar surface area (TPSA) is 64.5 Å². The molecule has 10 aromatic rings. The van der Waals surface area contributed by atoms with E-state index in [9.17, 15) is 0 Å². The molecule has 0 unspecified atom stereocenters. The summed E-state index contributed by atoms with van der Waals surface area (Å²) in [7, 11) is 0. The average molecular weight is 942 g/mol. The number of nitrogens with zero attached hydrogens (tertiary/aromatic N) is 5. The molecule has 368 valence electrons. The van der Waals surface area contributed by atoms with Crippen LogP contribution in [0, 0.1) is 5.41 Å². The summed E-state index contributed by atoms with van der Waals surface area (Å²) < 4.78 is 0. The predicted molar refractivity (Wildman–Crippen MR) is 309 cm³/mol. The SMILES string of the molecule is CC(C)(C)C.CC(C)(C)c1ccc2ccncc2c1.CC(C)(C)c1ccc2cnccc2c1.CC(C)(C)c1cccc2ccncc12.CC(C)(C)c1cccc2cnccc12.c1ccc2cnccc2c1. The van der Waals surface area contributed by atoms with E-state index >= 15 is 0 Å². The van der Waals surface area contributed by atoms with E-state index in [1.807, 2.05) is 86.2 Å². The van der Waals surface area contributed by atoms with Gasteiger partial charge in [-0.25, -0.2) is 0 Å². The molecule has 0 N–H and O–H groups in total. The van der Waals surface area contributed by atoms with Gasteiger partial charge in [0.2, 0.25) is 0 Å². The Kier molecular flexibility index (Phi) is 18.5. The van der Waals surface area contributed by atoms with Crippen molar-refractivity contribution < 1.29 is 0 Å². The van der Waals surface area contributed by atoms with Crippen molar-refractivity contribution in [1.82, 2.24) is 24.9 Å². The highest BCUT2D eigenvalue weighted by atomic mass is 14.6. The molecule has 0 aliphatic heterocycles. The number of hydrogen-bond acceptors (Lipinski definition) is 5. The summed E-state index contributed by atoms with van der Waals surface area (Å²) in [6.07, 6.45) is 18.8. The smallest absolute Gasteiger partial charge is 0.0349 e. The van der Waals surface area contributed by atoms with Crippen LogP contribution in [-0.2, 0) is 21.7 Å². The van der Waals surface area contributed by atoms with Crippen LogP contribution in [0.3, 0.4) is 0 Å². The summed E-state index contributed by atoms with van der Waals surface area (Å²) >= 11 is 0. The molecule has 0 atom stereocenters. The summed E-state index contributed by atoms with van der Waals surface area (Å²) in [4.78, 5) is 20.6. The van der Waals surface area contributed by atoms with Gasteiger partial charge in [-0.3, -0.25) is 24.9 Å². The number of hydrogen-bond donors (Lipinski definition) is 0. The first kappa shape index (κ1) is 55.1. The van der Waals surface area contributed by atoms with Gasteiger partial charge < -0.3 is 0 Å². The van der Waals surface area contributed by atoms with Crippen molar-refractivity contribution in [3.8, 4) is 0 Å². The Labute approximate surface area is 426 Å². The van der Waals surface area contributed by atoms with Crippen LogP contribution >= 0.6 is 0 Å². The number of benzene rings is 5. The second-order valence-corrected chi connectivity index (χ2v) is 23.9. The van der Waals surface area contributed by atoms with Crippen molar-refractivity contribution in [1.29, 1.82) is 0 Å². The molecule has 5 aromatic heterocycles. The molecule has 0 saturated heterocycles. The number of rotatable bonds is 0. The van der Waals surface area contributed by atoms with Gasteiger partial charge >= 0.3 is 0 Å². The molecule has 5 heteroatoms. The maximum absolute atomic E-state index is 4.19. The van der Waals surface area contributed by atoms with E-state index in [0.29, 0.717) is 5.41 Å². The van der Waals surface area contributed by atoms with Crippen molar-refractivity contribution in [3.05, 3.63) is 212 Å². The molecule has 0 spiro atoms. The third-order valence-corrected chi connectivity index (χ3v) is 11.5. The van der Waals surface area contributed by atoms with Gasteiger partial charge in [0.15, 0.2) is 0 Å². The second-order valence-electron chi connectivity index (χ2n) is 23.9. The van der Waals surface area contributed by atoms with Crippen LogP contribution in [0.25, 0.3) is 53.9 Å². The fourth-order valence-electron chi connectivity index (χ4n) is 7.67. The van der Waals surface area contributed by atoms with Crippen LogP contribution in [0.15, 0.2) is 189 Å². The van der Waals surface area contributed by atoms with Crippen molar-refractivity contribution in [2.45, 2.75) is 132 Å². The maximum atomic E-state index is 4.19. The summed E-state index contributed by atoms with van der Waals surface area (Å²) in [5, 5.41) is 12.5. The summed E-state index contributed by atoms with van der Waals surface area (Å²) in [6, 6.07) is 44.4. The van der Waals surface area contributed by atoms with Gasteiger partial charge in [0, 0.05) is 83.5 Å². The molecule has 10 rings (SSSR count). The zero-order valence-corrected chi connectivity index (χ0v) is 45.6. The lowest BCUT2D eigenvalue weighted by atomic mass is 9.84. The third-order valence-electron chi connectivity index (χ3n) is 11.5. The highest BCUT2D eigenvalue weighted by Gasteiger charge is 2.18. The van der Waals surface area contributed by atoms with Crippen LogP contribution in [-0.4, -0.2) is 24.9 Å². The minimum atomic E-state index is 0.183. The highest BCUT2D eigenvalue weighted by Crippen LogP contribution is 2.31. The third kappa shape index (κ3) is 17.2. The van der Waals surface area contributed by atoms with E-state index in [4.69, 9.17) is 0 Å². The fourth-order valence-corrected chi connectivity index (χ4v) is 7.67. The van der Waals surface area contributed by atoms with Crippen LogP contribution in [0.2, 0.25) is 0 Å². The van der Waals surface area contributed by atoms with E-state index in [0.717, 1.165) is 0 Å². The van der Waals surface area contributed by atoms with Crippen LogP contribution in [0.4, 0.5) is 0 Å². The molecule has 71 heavy (non-hydrogen) atoms. The maximum Gasteiger partial charge on any atom is 0.0349 e. The second kappa shape index (κ2) is 23.8. The van der Waals surface area contributed by atoms with Gasteiger partial charge in [-0.15, -0.1) is 0 Å². The van der Waals surface area contributed by atoms with E-state index in [2.05, 4.69) is 239 Å². The van der Waals surface area contributed by atoms with Gasteiger partial charge in [0.1, 0.15) is 0 Å². The molecule has 0 amide bonds. The van der Waals surface area contributed by atoms with Crippen molar-refractivity contribution in [2.24, 2.45) is 5.41 Å². The van der Waals surface area contributed by atoms with Gasteiger partial charge in [0.25, 0.3) is 0 Å². The Morgan fingerprint density at radius 2 is 0.606 bits per heavy atom. The minimum absolute atomic E-state index is 0.183. The molecule has 0 aliphatic rings. The fraction of sp³-hybridized carbons (Fsp3) is 0.318. The quantitative estimate of drug-likeness (QED) is 0.152. The summed E-state index contributed by atoms with van der Waals surface area (Å²) in [6.45, 7) is 35.5. The van der Waals surface area contributed by atoms with E-state index in [1.54, 1.807) is 0 Å². The normalized spacial score (nSPS) is 11.7. The largest absolute Gasteiger partial charge is 0.264 e. The lowest BCUT2D eigenvalue weighted by Crippen LogP contribution is -2.11. The number of fused-ring (bicyclic) bond motifs is 5. The summed E-state index contributed by atoms with van der Waals surface area (Å²) in [5.74, 6) is 0. The van der Waals surface area contributed by atoms with Crippen molar-refractivity contribution in [3.63, 3.8) is 0 Å². The Morgan fingerprint density at radius 1 is 0.254 bits per heavy atom. The van der Waals surface area contributed by atoms with Gasteiger partial charge in [-0.2, -0.15) is 0 Å². The first-order valence-electron chi connectivity index (χ1n) is 24.9. The first-order valence-corrected chi connectivity index (χ1v) is 24.9. The van der Waals surface area contributed by atoms with Gasteiger partial charge in [-0.05, 0) is 118 Å². The molecular weight excluding hydrogens is 863 g/mol. The molecule has 0 radical (unpaired) electrons. The van der Waals surface area contributed by atoms with Gasteiger partial charge in [0.05, 0.1) is 0 Å². The molecule has 0 fully saturated rings. The Balaban J connectivity index is 0.000000162. The van der Waals surface area contributed by atoms with E-state index in [1.165, 1.54) is 76.1 Å². The average Bonchev–Trinajstić information content (AvgIpc) is 3.32. The molecule has 5 heterocycles. The Bertz CT molecular complexity index is 2970. The molecule has 0 saturated carbocycles. The molecule has 5 nitrogen and oxygen atoms in total. The molecule has 0 aliphatic carbocycles. The van der Waals surface area contributed by atoms with Crippen molar-refractivity contribution >= 4 is 53.9 Å². The number of pyridine rings is 5. The Morgan fingerprint density at radius 3 is 1.11 bits per heavy atom. The zero-order valence-electron chi connectivity index (χ0n) is 45.6. The lowest BCUT2D eigenvalue weighted by molar-refractivity contribution is 0.469. The standard InChI is InChI=1S/4C13H15N.C9H7N.C5H12/c1-13(2,3)12-5-4-11-9-14-7-6-10(11)8-12;1-13(2,3)12-5-4-10-6-7-14-9-11(10)8-12;1-13(2,3)12-6-4-5-10-9-14-8-7-11(10)12;1-13(2,3)12-6-4-5-10-7-8-14-9-11(10)12;1-2-4-9-7-10-6-5-8(9)3-1;1-5(2,3)4/h4*4-9H,1-3H3;1-7H;1-4H3. The molecule has 0 bridgehead atoms. The monoisotopic (exact) mass is 942 g/mol. The first-order chi connectivity index (χ1) is 33.3. The minimum Gasteiger partial charge on any atom is -0.264 e. The van der Waals surface area contributed by atoms with Crippen LogP contribution in [0.1, 0.15) is 133 Å². The van der Waals surface area contributed by atoms with Gasteiger partial charge in [-0.1, -0.05) is 202 Å². The predicted octanol–water partition coefficient (Wildman–Crippen LogP) is 18.4. The van der Waals surface area contributed by atoms with Crippen LogP contribution in [0.5, 0.6) is 0 Å². The van der Waals surface area contributed by atoms with E-state index < -0.39 is 0 Å². The van der Waals surface area contributed by atoms with Crippen LogP contribution < -0.4 is 0 Å². The van der Waals surface area contributed by atoms with Crippen molar-refractivity contribution in [2.75, 3.05) is 0 Å². The highest BCUT2D eigenvalue weighted by molar-refractivity contribution is 5.87. The Hall–Kier alpha value is -6.85. The zero-order chi connectivity index (χ0) is 52.0. The summed E-state index contributed by atoms with van der Waals surface area (Å²) in [5.41, 5.74) is 6.79. The van der Waals surface area contributed by atoms with E-state index in [-0.39, 0.29) is 21.7 Å². The lowest BCUT2D eigenvalue weighted by Gasteiger charge is -2.20. The molecule has 5 aromatic carbocycles. The molecular formula is C66H79N5.